The van der Waals surface area contributed by atoms with Gasteiger partial charge in [-0.25, -0.2) is 8.42 Å². The highest BCUT2D eigenvalue weighted by molar-refractivity contribution is 7.89. The fraction of sp³-hybridized carbons (Fsp3) is 0.632. The van der Waals surface area contributed by atoms with Gasteiger partial charge in [-0.15, -0.1) is 0 Å². The summed E-state index contributed by atoms with van der Waals surface area (Å²) >= 11 is 0. The maximum Gasteiger partial charge on any atom is 0.293 e. The molecule has 2 saturated heterocycles. The number of nitro groups is 1. The molecule has 0 aromatic heterocycles. The largest absolute Gasteiger partial charge is 0.363 e. The number of piperazine rings is 2. The van der Waals surface area contributed by atoms with E-state index in [4.69, 9.17) is 0 Å². The Morgan fingerprint density at radius 3 is 2.23 bits per heavy atom. The highest BCUT2D eigenvalue weighted by Crippen LogP contribution is 2.32. The number of carbonyl (C=O) groups excluding carboxylic acids is 1. The third-order valence-electron chi connectivity index (χ3n) is 5.81. The van der Waals surface area contributed by atoms with Crippen LogP contribution >= 0.6 is 0 Å². The van der Waals surface area contributed by atoms with Gasteiger partial charge in [-0.2, -0.15) is 4.31 Å². The van der Waals surface area contributed by atoms with Gasteiger partial charge in [-0.05, 0) is 19.2 Å². The molecule has 3 rings (SSSR count). The van der Waals surface area contributed by atoms with Crippen molar-refractivity contribution in [2.45, 2.75) is 4.90 Å². The normalized spacial score (nSPS) is 19.4. The van der Waals surface area contributed by atoms with Crippen molar-refractivity contribution in [1.82, 2.24) is 19.0 Å². The summed E-state index contributed by atoms with van der Waals surface area (Å²) in [5, 5.41) is 11.8. The number of benzene rings is 1. The molecule has 0 saturated carbocycles. The van der Waals surface area contributed by atoms with Crippen LogP contribution in [-0.2, 0) is 14.8 Å². The lowest BCUT2D eigenvalue weighted by Gasteiger charge is -2.36. The number of anilines is 1. The molecule has 1 aromatic carbocycles. The number of rotatable bonds is 6. The number of nitrogens with zero attached hydrogens (tertiary/aromatic N) is 6. The molecule has 2 fully saturated rings. The highest BCUT2D eigenvalue weighted by atomic mass is 32.2. The summed E-state index contributed by atoms with van der Waals surface area (Å²) < 4.78 is 27.4. The van der Waals surface area contributed by atoms with Crippen molar-refractivity contribution in [2.75, 3.05) is 84.9 Å². The van der Waals surface area contributed by atoms with Crippen LogP contribution in [0.2, 0.25) is 0 Å². The molecule has 1 amide bonds. The molecule has 2 aliphatic heterocycles. The Kier molecular flexibility index (Phi) is 7.14. The first-order valence-electron chi connectivity index (χ1n) is 10.2. The van der Waals surface area contributed by atoms with Gasteiger partial charge in [-0.1, -0.05) is 0 Å². The lowest BCUT2D eigenvalue weighted by atomic mass is 10.2. The molecule has 0 N–H and O–H groups in total. The van der Waals surface area contributed by atoms with Crippen LogP contribution in [0.1, 0.15) is 0 Å². The molecule has 31 heavy (non-hydrogen) atoms. The Labute approximate surface area is 183 Å². The minimum atomic E-state index is -3.79. The fourth-order valence-corrected chi connectivity index (χ4v) is 5.18. The van der Waals surface area contributed by atoms with Crippen LogP contribution < -0.4 is 4.90 Å². The van der Waals surface area contributed by atoms with E-state index < -0.39 is 14.9 Å². The molecule has 0 unspecified atom stereocenters. The minimum absolute atomic E-state index is 0.0119. The average Bonchev–Trinajstić information content (AvgIpc) is 2.74. The number of likely N-dealkylation sites (N-methyl/N-ethyl adjacent to an activating group) is 2. The number of amides is 1. The molecule has 0 spiro atoms. The molecule has 172 valence electrons. The first kappa shape index (κ1) is 23.4. The van der Waals surface area contributed by atoms with E-state index in [1.807, 2.05) is 21.7 Å². The lowest BCUT2D eigenvalue weighted by molar-refractivity contribution is -0.384. The number of carbonyl (C=O) groups is 1. The number of hydrogen-bond donors (Lipinski definition) is 0. The Morgan fingerprint density at radius 1 is 1.06 bits per heavy atom. The molecular formula is C19H30N6O5S. The van der Waals surface area contributed by atoms with Gasteiger partial charge in [-0.3, -0.25) is 19.8 Å². The molecule has 0 aliphatic carbocycles. The van der Waals surface area contributed by atoms with Crippen LogP contribution in [0, 0.1) is 10.1 Å². The summed E-state index contributed by atoms with van der Waals surface area (Å²) in [6, 6.07) is 4.16. The van der Waals surface area contributed by atoms with E-state index in [2.05, 4.69) is 0 Å². The summed E-state index contributed by atoms with van der Waals surface area (Å²) in [6.07, 6.45) is 0. The summed E-state index contributed by atoms with van der Waals surface area (Å²) in [6.45, 7) is 4.52. The van der Waals surface area contributed by atoms with Crippen molar-refractivity contribution in [2.24, 2.45) is 0 Å². The maximum absolute atomic E-state index is 13.0. The van der Waals surface area contributed by atoms with Crippen molar-refractivity contribution >= 4 is 27.3 Å². The third kappa shape index (κ3) is 5.32. The standard InChI is InChI=1S/C19H30N6O5S/c1-20(2)19(26)15-22-8-10-23(11-9-22)17-5-4-16(14-18(17)25(27)28)31(29,30)24-12-6-21(3)7-13-24/h4-5,14H,6-13,15H2,1-3H3. The molecule has 2 heterocycles. The first-order valence-corrected chi connectivity index (χ1v) is 11.7. The van der Waals surface area contributed by atoms with E-state index in [0.29, 0.717) is 64.6 Å². The number of hydrogen-bond acceptors (Lipinski definition) is 8. The smallest absolute Gasteiger partial charge is 0.293 e. The van der Waals surface area contributed by atoms with Crippen LogP contribution in [-0.4, -0.2) is 118 Å². The fourth-order valence-electron chi connectivity index (χ4n) is 3.73. The average molecular weight is 455 g/mol. The van der Waals surface area contributed by atoms with E-state index in [9.17, 15) is 23.3 Å². The van der Waals surface area contributed by atoms with Gasteiger partial charge in [0.1, 0.15) is 5.69 Å². The Bertz CT molecular complexity index is 922. The minimum Gasteiger partial charge on any atom is -0.363 e. The second-order valence-electron chi connectivity index (χ2n) is 8.17. The maximum atomic E-state index is 13.0. The SMILES string of the molecule is CN1CCN(S(=O)(=O)c2ccc(N3CCN(CC(=O)N(C)C)CC3)c([N+](=O)[O-])c2)CC1. The van der Waals surface area contributed by atoms with Crippen LogP contribution in [0.3, 0.4) is 0 Å². The molecule has 11 nitrogen and oxygen atoms in total. The van der Waals surface area contributed by atoms with E-state index in [-0.39, 0.29) is 16.5 Å². The monoisotopic (exact) mass is 454 g/mol. The van der Waals surface area contributed by atoms with Gasteiger partial charge in [0.25, 0.3) is 5.69 Å². The quantitative estimate of drug-likeness (QED) is 0.427. The van der Waals surface area contributed by atoms with Gasteiger partial charge in [0.2, 0.25) is 15.9 Å². The van der Waals surface area contributed by atoms with Gasteiger partial charge < -0.3 is 14.7 Å². The van der Waals surface area contributed by atoms with E-state index in [1.165, 1.54) is 27.4 Å². The number of nitro benzene ring substituents is 1. The first-order chi connectivity index (χ1) is 14.6. The van der Waals surface area contributed by atoms with Crippen LogP contribution in [0.4, 0.5) is 11.4 Å². The Hall–Kier alpha value is -2.28. The predicted octanol–water partition coefficient (Wildman–Crippen LogP) is -0.259. The van der Waals surface area contributed by atoms with Crippen molar-refractivity contribution in [3.05, 3.63) is 28.3 Å². The Balaban J connectivity index is 1.76. The lowest BCUT2D eigenvalue weighted by Crippen LogP contribution is -2.49. The van der Waals surface area contributed by atoms with E-state index >= 15 is 0 Å². The number of sulfonamides is 1. The Morgan fingerprint density at radius 2 is 1.68 bits per heavy atom. The zero-order chi connectivity index (χ0) is 22.8. The van der Waals surface area contributed by atoms with Crippen molar-refractivity contribution in [3.8, 4) is 0 Å². The summed E-state index contributed by atoms with van der Waals surface area (Å²) in [4.78, 5) is 30.5. The molecule has 0 atom stereocenters. The molecule has 12 heteroatoms. The molecule has 1 aromatic rings. The summed E-state index contributed by atoms with van der Waals surface area (Å²) in [7, 11) is 1.56. The van der Waals surface area contributed by atoms with Crippen molar-refractivity contribution in [1.29, 1.82) is 0 Å². The van der Waals surface area contributed by atoms with Gasteiger partial charge >= 0.3 is 0 Å². The van der Waals surface area contributed by atoms with E-state index in [0.717, 1.165) is 0 Å². The second-order valence-corrected chi connectivity index (χ2v) is 10.1. The summed E-state index contributed by atoms with van der Waals surface area (Å²) in [5.41, 5.74) is 0.189. The molecule has 0 radical (unpaired) electrons. The third-order valence-corrected chi connectivity index (χ3v) is 7.71. The van der Waals surface area contributed by atoms with Crippen molar-refractivity contribution < 1.29 is 18.1 Å². The van der Waals surface area contributed by atoms with Crippen LogP contribution in [0.15, 0.2) is 23.1 Å². The molecular weight excluding hydrogens is 424 g/mol. The van der Waals surface area contributed by atoms with Crippen LogP contribution in [0.5, 0.6) is 0 Å². The molecule has 0 bridgehead atoms. The second kappa shape index (κ2) is 9.47. The highest BCUT2D eigenvalue weighted by Gasteiger charge is 2.31. The van der Waals surface area contributed by atoms with Crippen LogP contribution in [0.25, 0.3) is 0 Å². The summed E-state index contributed by atoms with van der Waals surface area (Å²) in [5.74, 6) is 0.0119. The van der Waals surface area contributed by atoms with Gasteiger partial charge in [0, 0.05) is 72.5 Å². The molecule has 2 aliphatic rings. The topological polar surface area (TPSA) is 111 Å². The zero-order valence-electron chi connectivity index (χ0n) is 18.2. The van der Waals surface area contributed by atoms with Gasteiger partial charge in [0.05, 0.1) is 16.4 Å². The predicted molar refractivity (Wildman–Crippen MR) is 117 cm³/mol. The van der Waals surface area contributed by atoms with Crippen molar-refractivity contribution in [3.63, 3.8) is 0 Å². The van der Waals surface area contributed by atoms with Gasteiger partial charge in [0.15, 0.2) is 0 Å². The zero-order valence-corrected chi connectivity index (χ0v) is 19.0. The van der Waals surface area contributed by atoms with E-state index in [1.54, 1.807) is 14.1 Å².